The molecule has 0 radical (unpaired) electrons. The number of likely N-dealkylation sites (N-methyl/N-ethyl adjacent to an activating group) is 1. The van der Waals surface area contributed by atoms with Gasteiger partial charge in [-0.1, -0.05) is 0 Å². The zero-order valence-corrected chi connectivity index (χ0v) is 17.7. The lowest BCUT2D eigenvalue weighted by molar-refractivity contribution is 0.261. The molecule has 31 heavy (non-hydrogen) atoms. The number of aryl methyl sites for hydroxylation is 1. The number of pyridine rings is 1. The van der Waals surface area contributed by atoms with E-state index in [4.69, 9.17) is 19.0 Å². The second-order valence-corrected chi connectivity index (χ2v) is 7.63. The van der Waals surface area contributed by atoms with E-state index in [1.54, 1.807) is 30.3 Å². The van der Waals surface area contributed by atoms with E-state index in [1.807, 2.05) is 38.1 Å². The Balaban J connectivity index is 1.74. The highest BCUT2D eigenvalue weighted by Crippen LogP contribution is 2.31. The number of rotatable bonds is 7. The Bertz CT molecular complexity index is 1280. The van der Waals surface area contributed by atoms with Crippen LogP contribution in [-0.2, 0) is 6.61 Å². The van der Waals surface area contributed by atoms with E-state index in [2.05, 4.69) is 4.98 Å². The van der Waals surface area contributed by atoms with Crippen molar-refractivity contribution in [3.8, 4) is 17.2 Å². The van der Waals surface area contributed by atoms with Gasteiger partial charge in [0.05, 0.1) is 29.3 Å². The maximum atomic E-state index is 13.1. The predicted molar refractivity (Wildman–Crippen MR) is 119 cm³/mol. The van der Waals surface area contributed by atoms with Crippen molar-refractivity contribution >= 4 is 21.9 Å². The summed E-state index contributed by atoms with van der Waals surface area (Å²) >= 11 is 0. The van der Waals surface area contributed by atoms with Crippen LogP contribution in [0.15, 0.2) is 57.9 Å². The highest BCUT2D eigenvalue weighted by atomic mass is 16.5. The fraction of sp³-hybridized carbons (Fsp3) is 0.250. The number of nitrogens with zero attached hydrogens (tertiary/aromatic N) is 2. The molecule has 0 saturated carbocycles. The summed E-state index contributed by atoms with van der Waals surface area (Å²) in [6.45, 7) is 3.02. The fourth-order valence-corrected chi connectivity index (χ4v) is 3.25. The number of fused-ring (bicyclic) bond motifs is 2. The first-order chi connectivity index (χ1) is 14.9. The molecular formula is C24H24N2O5. The third-order valence-electron chi connectivity index (χ3n) is 4.84. The average Bonchev–Trinajstić information content (AvgIpc) is 2.75. The first-order valence-corrected chi connectivity index (χ1v) is 9.97. The summed E-state index contributed by atoms with van der Waals surface area (Å²) < 4.78 is 17.9. The second kappa shape index (κ2) is 8.75. The Morgan fingerprint density at radius 2 is 1.87 bits per heavy atom. The molecule has 0 fully saturated rings. The quantitative estimate of drug-likeness (QED) is 0.454. The van der Waals surface area contributed by atoms with Crippen molar-refractivity contribution in [2.75, 3.05) is 27.2 Å². The third-order valence-corrected chi connectivity index (χ3v) is 4.84. The lowest BCUT2D eigenvalue weighted by atomic mass is 10.1. The topological polar surface area (TPSA) is 85.0 Å². The van der Waals surface area contributed by atoms with Crippen molar-refractivity contribution in [2.45, 2.75) is 13.5 Å². The summed E-state index contributed by atoms with van der Waals surface area (Å²) in [5.74, 6) is 1.57. The lowest BCUT2D eigenvalue weighted by Crippen LogP contribution is -2.19. The molecule has 0 bridgehead atoms. The van der Waals surface area contributed by atoms with Gasteiger partial charge in [0, 0.05) is 12.6 Å². The largest absolute Gasteiger partial charge is 0.488 e. The Labute approximate surface area is 179 Å². The number of aliphatic hydroxyl groups excluding tert-OH is 1. The molecule has 2 aromatic heterocycles. The minimum Gasteiger partial charge on any atom is -0.488 e. The monoisotopic (exact) mass is 420 g/mol. The number of ether oxygens (including phenoxy) is 2. The van der Waals surface area contributed by atoms with E-state index in [1.165, 1.54) is 6.20 Å². The Morgan fingerprint density at radius 3 is 2.58 bits per heavy atom. The molecule has 4 aromatic rings. The molecule has 7 heteroatoms. The summed E-state index contributed by atoms with van der Waals surface area (Å²) in [6.07, 6.45) is 1.53. The summed E-state index contributed by atoms with van der Waals surface area (Å²) in [4.78, 5) is 19.2. The predicted octanol–water partition coefficient (Wildman–Crippen LogP) is 3.87. The van der Waals surface area contributed by atoms with E-state index in [0.717, 1.165) is 12.1 Å². The summed E-state index contributed by atoms with van der Waals surface area (Å²) in [5, 5.41) is 10.1. The molecule has 0 amide bonds. The standard InChI is InChI=1S/C24H24N2O5/c1-15-10-20-23(28)19-7-6-17(30-18-5-4-16(14-27)25-13-18)12-21(19)31-24(20)22(11-15)29-9-8-26(2)3/h4-7,10-13,27H,8-9,14H2,1-3H3. The van der Waals surface area contributed by atoms with Crippen LogP contribution in [-0.4, -0.2) is 42.2 Å². The minimum absolute atomic E-state index is 0.113. The number of aromatic nitrogens is 1. The van der Waals surface area contributed by atoms with E-state index in [0.29, 0.717) is 51.5 Å². The molecular weight excluding hydrogens is 396 g/mol. The lowest BCUT2D eigenvalue weighted by Gasteiger charge is -2.13. The molecule has 1 N–H and O–H groups in total. The maximum Gasteiger partial charge on any atom is 0.200 e. The van der Waals surface area contributed by atoms with Crippen LogP contribution in [0.4, 0.5) is 0 Å². The van der Waals surface area contributed by atoms with Gasteiger partial charge in [0.1, 0.15) is 23.7 Å². The summed E-state index contributed by atoms with van der Waals surface area (Å²) in [6, 6.07) is 12.2. The van der Waals surface area contributed by atoms with Crippen molar-refractivity contribution in [3.63, 3.8) is 0 Å². The van der Waals surface area contributed by atoms with E-state index in [9.17, 15) is 4.79 Å². The van der Waals surface area contributed by atoms with Gasteiger partial charge >= 0.3 is 0 Å². The highest BCUT2D eigenvalue weighted by Gasteiger charge is 2.14. The fourth-order valence-electron chi connectivity index (χ4n) is 3.25. The van der Waals surface area contributed by atoms with Crippen LogP contribution >= 0.6 is 0 Å². The van der Waals surface area contributed by atoms with Crippen LogP contribution in [0.1, 0.15) is 11.3 Å². The molecule has 0 saturated heterocycles. The summed E-state index contributed by atoms with van der Waals surface area (Å²) in [5.41, 5.74) is 2.21. The maximum absolute atomic E-state index is 13.1. The molecule has 2 heterocycles. The normalized spacial score (nSPS) is 11.4. The molecule has 0 aliphatic carbocycles. The Morgan fingerprint density at radius 1 is 1.06 bits per heavy atom. The molecule has 0 aliphatic rings. The van der Waals surface area contributed by atoms with E-state index >= 15 is 0 Å². The first kappa shape index (κ1) is 20.8. The number of benzene rings is 2. The van der Waals surface area contributed by atoms with Crippen molar-refractivity contribution in [1.29, 1.82) is 0 Å². The van der Waals surface area contributed by atoms with Crippen molar-refractivity contribution in [3.05, 3.63) is 70.1 Å². The highest BCUT2D eigenvalue weighted by molar-refractivity contribution is 5.93. The van der Waals surface area contributed by atoms with E-state index in [-0.39, 0.29) is 12.0 Å². The van der Waals surface area contributed by atoms with Gasteiger partial charge in [-0.2, -0.15) is 0 Å². The van der Waals surface area contributed by atoms with Gasteiger partial charge in [-0.15, -0.1) is 0 Å². The van der Waals surface area contributed by atoms with Crippen molar-refractivity contribution in [2.24, 2.45) is 0 Å². The molecule has 7 nitrogen and oxygen atoms in total. The minimum atomic E-state index is -0.132. The number of hydrogen-bond acceptors (Lipinski definition) is 7. The number of aliphatic hydroxyl groups is 1. The average molecular weight is 420 g/mol. The molecule has 0 spiro atoms. The van der Waals surface area contributed by atoms with Crippen LogP contribution in [0, 0.1) is 6.92 Å². The van der Waals surface area contributed by atoms with Gasteiger partial charge < -0.3 is 23.9 Å². The van der Waals surface area contributed by atoms with Gasteiger partial charge in [-0.3, -0.25) is 9.78 Å². The SMILES string of the molecule is Cc1cc(OCCN(C)C)c2oc3cc(Oc4ccc(CO)nc4)ccc3c(=O)c2c1. The molecule has 4 rings (SSSR count). The van der Waals surface area contributed by atoms with Gasteiger partial charge in [-0.25, -0.2) is 0 Å². The van der Waals surface area contributed by atoms with Crippen LogP contribution in [0.2, 0.25) is 0 Å². The number of hydrogen-bond donors (Lipinski definition) is 1. The molecule has 2 aromatic carbocycles. The second-order valence-electron chi connectivity index (χ2n) is 7.63. The van der Waals surface area contributed by atoms with Gasteiger partial charge in [-0.05, 0) is 63.0 Å². The zero-order valence-electron chi connectivity index (χ0n) is 17.7. The first-order valence-electron chi connectivity index (χ1n) is 9.97. The Kier molecular flexibility index (Phi) is 5.88. The van der Waals surface area contributed by atoms with Gasteiger partial charge in [0.25, 0.3) is 0 Å². The van der Waals surface area contributed by atoms with Crippen LogP contribution < -0.4 is 14.9 Å². The van der Waals surface area contributed by atoms with E-state index < -0.39 is 0 Å². The van der Waals surface area contributed by atoms with Crippen LogP contribution in [0.25, 0.3) is 21.9 Å². The Hall–Kier alpha value is -3.42. The van der Waals surface area contributed by atoms with Crippen LogP contribution in [0.3, 0.4) is 0 Å². The van der Waals surface area contributed by atoms with Crippen LogP contribution in [0.5, 0.6) is 17.2 Å². The van der Waals surface area contributed by atoms with Gasteiger partial charge in [0.2, 0.25) is 5.43 Å². The molecule has 0 aliphatic heterocycles. The zero-order chi connectivity index (χ0) is 22.0. The molecule has 0 unspecified atom stereocenters. The van der Waals surface area contributed by atoms with Gasteiger partial charge in [0.15, 0.2) is 11.3 Å². The molecule has 0 atom stereocenters. The third kappa shape index (κ3) is 4.52. The molecule has 160 valence electrons. The van der Waals surface area contributed by atoms with Crippen molar-refractivity contribution in [1.82, 2.24) is 9.88 Å². The van der Waals surface area contributed by atoms with Crippen molar-refractivity contribution < 1.29 is 19.0 Å². The summed E-state index contributed by atoms with van der Waals surface area (Å²) in [7, 11) is 3.94. The smallest absolute Gasteiger partial charge is 0.200 e.